The van der Waals surface area contributed by atoms with Crippen LogP contribution in [-0.2, 0) is 4.74 Å². The first-order chi connectivity index (χ1) is 6.24. The summed E-state index contributed by atoms with van der Waals surface area (Å²) in [5.74, 6) is -0.386. The molecule has 0 bridgehead atoms. The number of nitrogens with zero attached hydrogens (tertiary/aromatic N) is 2. The number of carbonyl (C=O) groups is 1. The molecule has 0 amide bonds. The van der Waals surface area contributed by atoms with Crippen LogP contribution >= 0.6 is 0 Å². The first kappa shape index (κ1) is 11.6. The lowest BCUT2D eigenvalue weighted by Crippen LogP contribution is -2.02. The van der Waals surface area contributed by atoms with Crippen molar-refractivity contribution in [3.8, 4) is 0 Å². The van der Waals surface area contributed by atoms with Crippen molar-refractivity contribution < 1.29 is 9.53 Å². The van der Waals surface area contributed by atoms with E-state index in [4.69, 9.17) is 0 Å². The summed E-state index contributed by atoms with van der Waals surface area (Å²) in [6.07, 6.45) is 1.37. The van der Waals surface area contributed by atoms with E-state index < -0.39 is 0 Å². The van der Waals surface area contributed by atoms with Crippen molar-refractivity contribution in [2.75, 3.05) is 7.11 Å². The van der Waals surface area contributed by atoms with Crippen molar-refractivity contribution in [3.05, 3.63) is 23.5 Å². The number of methoxy groups -OCH3 is 1. The van der Waals surface area contributed by atoms with Crippen molar-refractivity contribution in [2.24, 2.45) is 0 Å². The molecule has 0 spiro atoms. The molecule has 0 saturated heterocycles. The molecule has 1 aromatic rings. The second-order valence-electron chi connectivity index (χ2n) is 2.08. The molecule has 0 unspecified atom stereocenters. The molecule has 1 rings (SSSR count). The van der Waals surface area contributed by atoms with Crippen LogP contribution in [0.3, 0.4) is 0 Å². The lowest BCUT2D eigenvalue weighted by atomic mass is 10.3. The predicted octanol–water partition coefficient (Wildman–Crippen LogP) is 1.60. The maximum atomic E-state index is 10.9. The van der Waals surface area contributed by atoms with Crippen LogP contribution in [-0.4, -0.2) is 23.3 Å². The van der Waals surface area contributed by atoms with Gasteiger partial charge in [-0.1, -0.05) is 13.8 Å². The molecule has 0 atom stereocenters. The van der Waals surface area contributed by atoms with Gasteiger partial charge in [-0.05, 0) is 13.0 Å². The molecule has 0 saturated carbocycles. The Hall–Kier alpha value is -1.45. The zero-order valence-electron chi connectivity index (χ0n) is 8.37. The van der Waals surface area contributed by atoms with Crippen LogP contribution in [0, 0.1) is 6.92 Å². The first-order valence-electron chi connectivity index (χ1n) is 4.11. The smallest absolute Gasteiger partial charge is 0.339 e. The highest BCUT2D eigenvalue weighted by Crippen LogP contribution is 1.99. The Morgan fingerprint density at radius 1 is 1.46 bits per heavy atom. The molecule has 1 heterocycles. The summed E-state index contributed by atoms with van der Waals surface area (Å²) in [7, 11) is 1.33. The lowest BCUT2D eigenvalue weighted by Gasteiger charge is -1.96. The van der Waals surface area contributed by atoms with Gasteiger partial charge in [0.05, 0.1) is 24.6 Å². The molecule has 4 nitrogen and oxygen atoms in total. The summed E-state index contributed by atoms with van der Waals surface area (Å²) in [6, 6.07) is 1.62. The van der Waals surface area contributed by atoms with Crippen molar-refractivity contribution >= 4 is 5.97 Å². The molecule has 0 aromatic carbocycles. The van der Waals surface area contributed by atoms with Crippen LogP contribution in [0.2, 0.25) is 0 Å². The van der Waals surface area contributed by atoms with Gasteiger partial charge in [0.2, 0.25) is 0 Å². The van der Waals surface area contributed by atoms with Gasteiger partial charge < -0.3 is 4.74 Å². The summed E-state index contributed by atoms with van der Waals surface area (Å²) >= 11 is 0. The summed E-state index contributed by atoms with van der Waals surface area (Å²) in [4.78, 5) is 10.9. The van der Waals surface area contributed by atoms with Crippen LogP contribution in [0.1, 0.15) is 29.9 Å². The average Bonchev–Trinajstić information content (AvgIpc) is 2.20. The Morgan fingerprint density at radius 3 is 2.54 bits per heavy atom. The number of hydrogen-bond acceptors (Lipinski definition) is 4. The Labute approximate surface area is 77.9 Å². The molecular weight excluding hydrogens is 168 g/mol. The predicted molar refractivity (Wildman–Crippen MR) is 49.5 cm³/mol. The standard InChI is InChI=1S/C7H8N2O2.C2H6/c1-5-3-6(4-8-9-5)7(10)11-2;1-2/h3-4H,1-2H3;1-2H3. The minimum absolute atomic E-state index is 0.386. The van der Waals surface area contributed by atoms with E-state index in [0.717, 1.165) is 0 Å². The highest BCUT2D eigenvalue weighted by Gasteiger charge is 2.04. The SMILES string of the molecule is CC.COC(=O)c1cnnc(C)c1. The second kappa shape index (κ2) is 6.11. The van der Waals surface area contributed by atoms with Gasteiger partial charge >= 0.3 is 5.97 Å². The van der Waals surface area contributed by atoms with Crippen LogP contribution in [0.5, 0.6) is 0 Å². The zero-order valence-corrected chi connectivity index (χ0v) is 8.37. The van der Waals surface area contributed by atoms with Crippen molar-refractivity contribution in [2.45, 2.75) is 20.8 Å². The Morgan fingerprint density at radius 2 is 2.08 bits per heavy atom. The quantitative estimate of drug-likeness (QED) is 0.619. The van der Waals surface area contributed by atoms with Gasteiger partial charge in [0.25, 0.3) is 0 Å². The van der Waals surface area contributed by atoms with E-state index in [0.29, 0.717) is 11.3 Å². The number of carbonyl (C=O) groups excluding carboxylic acids is 1. The van der Waals surface area contributed by atoms with Gasteiger partial charge in [0, 0.05) is 0 Å². The largest absolute Gasteiger partial charge is 0.465 e. The fourth-order valence-electron chi connectivity index (χ4n) is 0.703. The number of aromatic nitrogens is 2. The van der Waals surface area contributed by atoms with Crippen LogP contribution < -0.4 is 0 Å². The number of aryl methyl sites for hydroxylation is 1. The normalized spacial score (nSPS) is 8.31. The van der Waals surface area contributed by atoms with E-state index in [1.165, 1.54) is 13.3 Å². The third-order valence-corrected chi connectivity index (χ3v) is 1.20. The topological polar surface area (TPSA) is 52.1 Å². The molecule has 0 aliphatic rings. The maximum absolute atomic E-state index is 10.9. The average molecular weight is 182 g/mol. The van der Waals surface area contributed by atoms with E-state index in [-0.39, 0.29) is 5.97 Å². The number of esters is 1. The Kier molecular flexibility index (Phi) is 5.43. The third-order valence-electron chi connectivity index (χ3n) is 1.20. The van der Waals surface area contributed by atoms with E-state index in [2.05, 4.69) is 14.9 Å². The van der Waals surface area contributed by atoms with Crippen molar-refractivity contribution in [1.82, 2.24) is 10.2 Å². The molecule has 0 aliphatic carbocycles. The van der Waals surface area contributed by atoms with E-state index >= 15 is 0 Å². The summed E-state index contributed by atoms with van der Waals surface area (Å²) in [5.41, 5.74) is 1.13. The molecule has 72 valence electrons. The van der Waals surface area contributed by atoms with E-state index in [9.17, 15) is 4.79 Å². The molecule has 4 heteroatoms. The minimum Gasteiger partial charge on any atom is -0.465 e. The van der Waals surface area contributed by atoms with E-state index in [1.54, 1.807) is 13.0 Å². The molecule has 13 heavy (non-hydrogen) atoms. The lowest BCUT2D eigenvalue weighted by molar-refractivity contribution is 0.0600. The second-order valence-corrected chi connectivity index (χ2v) is 2.08. The van der Waals surface area contributed by atoms with Crippen LogP contribution in [0.15, 0.2) is 12.3 Å². The highest BCUT2D eigenvalue weighted by atomic mass is 16.5. The van der Waals surface area contributed by atoms with Gasteiger partial charge in [-0.3, -0.25) is 0 Å². The van der Waals surface area contributed by atoms with Crippen LogP contribution in [0.25, 0.3) is 0 Å². The molecule has 0 fully saturated rings. The minimum atomic E-state index is -0.386. The molecule has 0 N–H and O–H groups in total. The third kappa shape index (κ3) is 3.64. The monoisotopic (exact) mass is 182 g/mol. The zero-order chi connectivity index (χ0) is 10.3. The fraction of sp³-hybridized carbons (Fsp3) is 0.444. The maximum Gasteiger partial charge on any atom is 0.339 e. The van der Waals surface area contributed by atoms with Crippen LogP contribution in [0.4, 0.5) is 0 Å². The molecule has 1 aromatic heterocycles. The van der Waals surface area contributed by atoms with E-state index in [1.807, 2.05) is 13.8 Å². The van der Waals surface area contributed by atoms with Gasteiger partial charge in [-0.2, -0.15) is 10.2 Å². The fourth-order valence-corrected chi connectivity index (χ4v) is 0.703. The first-order valence-corrected chi connectivity index (χ1v) is 4.11. The van der Waals surface area contributed by atoms with Crippen molar-refractivity contribution in [1.29, 1.82) is 0 Å². The van der Waals surface area contributed by atoms with Gasteiger partial charge in [0.1, 0.15) is 0 Å². The Bertz CT molecular complexity index is 274. The number of rotatable bonds is 1. The molecule has 0 radical (unpaired) electrons. The van der Waals surface area contributed by atoms with Gasteiger partial charge in [-0.25, -0.2) is 4.79 Å². The Balaban J connectivity index is 0.000000671. The molecular formula is C9H14N2O2. The number of ether oxygens (including phenoxy) is 1. The van der Waals surface area contributed by atoms with Gasteiger partial charge in [0.15, 0.2) is 0 Å². The summed E-state index contributed by atoms with van der Waals surface area (Å²) in [5, 5.41) is 7.30. The highest BCUT2D eigenvalue weighted by molar-refractivity contribution is 5.88. The number of hydrogen-bond donors (Lipinski definition) is 0. The summed E-state index contributed by atoms with van der Waals surface area (Å²) < 4.78 is 4.48. The molecule has 0 aliphatic heterocycles. The van der Waals surface area contributed by atoms with Crippen molar-refractivity contribution in [3.63, 3.8) is 0 Å². The van der Waals surface area contributed by atoms with Gasteiger partial charge in [-0.15, -0.1) is 0 Å². The summed E-state index contributed by atoms with van der Waals surface area (Å²) in [6.45, 7) is 5.76.